The summed E-state index contributed by atoms with van der Waals surface area (Å²) in [6, 6.07) is 0. The molecule has 0 N–H and O–H groups in total. The molecule has 0 unspecified atom stereocenters. The summed E-state index contributed by atoms with van der Waals surface area (Å²) in [6.07, 6.45) is 12.4. The first kappa shape index (κ1) is 14.7. The molecule has 0 aromatic carbocycles. The molecule has 0 bridgehead atoms. The van der Waals surface area contributed by atoms with Crippen LogP contribution in [0.2, 0.25) is 0 Å². The third kappa shape index (κ3) is 1.96. The number of hydrogen-bond acceptors (Lipinski definition) is 1. The molecular formula is C19H27IO. The van der Waals surface area contributed by atoms with Crippen molar-refractivity contribution in [1.29, 1.82) is 0 Å². The highest BCUT2D eigenvalue weighted by Gasteiger charge is 2.58. The zero-order valence-electron chi connectivity index (χ0n) is 13.3. The maximum atomic E-state index is 12.4. The normalized spacial score (nSPS) is 52.7. The Balaban J connectivity index is 1.69. The minimum atomic E-state index is 0.0311. The van der Waals surface area contributed by atoms with Crippen molar-refractivity contribution >= 4 is 28.4 Å². The summed E-state index contributed by atoms with van der Waals surface area (Å²) < 4.78 is 0.848. The van der Waals surface area contributed by atoms with Crippen LogP contribution >= 0.6 is 22.6 Å². The molecule has 4 rings (SSSR count). The second-order valence-corrected chi connectivity index (χ2v) is 10.3. The molecule has 0 heterocycles. The van der Waals surface area contributed by atoms with Crippen molar-refractivity contribution in [1.82, 2.24) is 0 Å². The smallest absolute Gasteiger partial charge is 0.139 e. The Bertz CT molecular complexity index is 510. The number of halogens is 1. The molecule has 0 spiro atoms. The summed E-state index contributed by atoms with van der Waals surface area (Å²) >= 11 is 2.64. The first-order chi connectivity index (χ1) is 9.95. The molecule has 3 fully saturated rings. The summed E-state index contributed by atoms with van der Waals surface area (Å²) in [6.45, 7) is 4.84. The molecule has 4 aliphatic rings. The number of allylic oxidation sites excluding steroid dienone is 2. The average molecular weight is 398 g/mol. The highest BCUT2D eigenvalue weighted by atomic mass is 127. The molecule has 116 valence electrons. The lowest BCUT2D eigenvalue weighted by molar-refractivity contribution is -0.131. The highest BCUT2D eigenvalue weighted by molar-refractivity contribution is 14.1. The fourth-order valence-corrected chi connectivity index (χ4v) is 7.17. The molecule has 3 saturated carbocycles. The van der Waals surface area contributed by atoms with Gasteiger partial charge in [-0.1, -0.05) is 48.1 Å². The van der Waals surface area contributed by atoms with E-state index < -0.39 is 0 Å². The Morgan fingerprint density at radius 3 is 2.62 bits per heavy atom. The van der Waals surface area contributed by atoms with E-state index in [1.807, 2.05) is 0 Å². The SMILES string of the molecule is C[C@]12CC[C@H](I)CC1=CC[C@@H]1[C@@H]2CC[C@]2(C)C(=O)CC[C@@H]12. The fraction of sp³-hybridized carbons (Fsp3) is 0.842. The monoisotopic (exact) mass is 398 g/mol. The van der Waals surface area contributed by atoms with E-state index in [1.165, 1.54) is 38.5 Å². The number of rotatable bonds is 0. The number of fused-ring (bicyclic) bond motifs is 5. The van der Waals surface area contributed by atoms with E-state index in [0.29, 0.717) is 17.1 Å². The Morgan fingerprint density at radius 2 is 1.81 bits per heavy atom. The van der Waals surface area contributed by atoms with Crippen molar-refractivity contribution in [3.63, 3.8) is 0 Å². The minimum absolute atomic E-state index is 0.0311. The van der Waals surface area contributed by atoms with Crippen LogP contribution in [0.4, 0.5) is 0 Å². The van der Waals surface area contributed by atoms with E-state index in [2.05, 4.69) is 42.5 Å². The van der Waals surface area contributed by atoms with E-state index >= 15 is 0 Å². The molecule has 4 aliphatic carbocycles. The Labute approximate surface area is 142 Å². The van der Waals surface area contributed by atoms with Gasteiger partial charge in [-0.15, -0.1) is 0 Å². The van der Waals surface area contributed by atoms with Gasteiger partial charge in [-0.05, 0) is 68.1 Å². The molecule has 1 nitrogen and oxygen atoms in total. The van der Waals surface area contributed by atoms with Crippen molar-refractivity contribution in [2.24, 2.45) is 28.6 Å². The van der Waals surface area contributed by atoms with Gasteiger partial charge in [0, 0.05) is 15.8 Å². The summed E-state index contributed by atoms with van der Waals surface area (Å²) in [5.41, 5.74) is 2.25. The van der Waals surface area contributed by atoms with Crippen LogP contribution in [0, 0.1) is 28.6 Å². The third-order valence-electron chi connectivity index (χ3n) is 7.75. The highest BCUT2D eigenvalue weighted by Crippen LogP contribution is 2.64. The average Bonchev–Trinajstić information content (AvgIpc) is 2.76. The lowest BCUT2D eigenvalue weighted by atomic mass is 9.48. The van der Waals surface area contributed by atoms with E-state index in [-0.39, 0.29) is 5.41 Å². The van der Waals surface area contributed by atoms with Crippen LogP contribution in [0.5, 0.6) is 0 Å². The maximum Gasteiger partial charge on any atom is 0.139 e. The number of hydrogen-bond donors (Lipinski definition) is 0. The van der Waals surface area contributed by atoms with E-state index in [1.54, 1.807) is 5.57 Å². The minimum Gasteiger partial charge on any atom is -0.299 e. The number of carbonyl (C=O) groups excluding carboxylic acids is 1. The number of ketones is 1. The van der Waals surface area contributed by atoms with Gasteiger partial charge >= 0.3 is 0 Å². The molecule has 0 aliphatic heterocycles. The zero-order chi connectivity index (χ0) is 14.8. The lowest BCUT2D eigenvalue weighted by Gasteiger charge is -2.56. The summed E-state index contributed by atoms with van der Waals surface area (Å²) in [7, 11) is 0. The molecule has 2 heteroatoms. The number of Topliss-reactive ketones (excluding diaryl/α,β-unsaturated/α-hetero) is 1. The van der Waals surface area contributed by atoms with E-state index in [0.717, 1.165) is 28.6 Å². The van der Waals surface area contributed by atoms with Gasteiger partial charge in [-0.2, -0.15) is 0 Å². The van der Waals surface area contributed by atoms with Crippen molar-refractivity contribution in [2.75, 3.05) is 0 Å². The Hall–Kier alpha value is 0.140. The molecule has 21 heavy (non-hydrogen) atoms. The van der Waals surface area contributed by atoms with Crippen molar-refractivity contribution < 1.29 is 4.79 Å². The maximum absolute atomic E-state index is 12.4. The largest absolute Gasteiger partial charge is 0.299 e. The topological polar surface area (TPSA) is 17.1 Å². The Kier molecular flexibility index (Phi) is 3.37. The number of alkyl halides is 1. The van der Waals surface area contributed by atoms with Gasteiger partial charge in [-0.3, -0.25) is 4.79 Å². The predicted octanol–water partition coefficient (Wildman–Crippen LogP) is 5.32. The van der Waals surface area contributed by atoms with Gasteiger partial charge in [0.2, 0.25) is 0 Å². The Morgan fingerprint density at radius 1 is 1.10 bits per heavy atom. The molecule has 0 aromatic heterocycles. The summed E-state index contributed by atoms with van der Waals surface area (Å²) in [5, 5.41) is 0. The number of carbonyl (C=O) groups is 1. The van der Waals surface area contributed by atoms with Crippen molar-refractivity contribution in [3.05, 3.63) is 11.6 Å². The molecule has 0 amide bonds. The fourth-order valence-electron chi connectivity index (χ4n) is 6.39. The molecule has 6 atom stereocenters. The van der Waals surface area contributed by atoms with Crippen LogP contribution in [0.15, 0.2) is 11.6 Å². The van der Waals surface area contributed by atoms with Crippen molar-refractivity contribution in [3.8, 4) is 0 Å². The summed E-state index contributed by atoms with van der Waals surface area (Å²) in [4.78, 5) is 12.4. The second kappa shape index (κ2) is 4.82. The standard InChI is InChI=1S/C19H27IO/c1-18-9-7-13(20)11-12(18)3-4-14-15-5-6-17(21)19(15,2)10-8-16(14)18/h3,13-16H,4-11H2,1-2H3/t13-,14-,15-,16-,18-,19-/m0/s1. The van der Waals surface area contributed by atoms with Gasteiger partial charge in [0.25, 0.3) is 0 Å². The van der Waals surface area contributed by atoms with Crippen molar-refractivity contribution in [2.45, 2.75) is 69.1 Å². The van der Waals surface area contributed by atoms with Gasteiger partial charge in [-0.25, -0.2) is 0 Å². The van der Waals surface area contributed by atoms with Crippen LogP contribution in [0.25, 0.3) is 0 Å². The molecular weight excluding hydrogens is 371 g/mol. The lowest BCUT2D eigenvalue weighted by Crippen LogP contribution is -2.50. The van der Waals surface area contributed by atoms with Crippen LogP contribution < -0.4 is 0 Å². The zero-order valence-corrected chi connectivity index (χ0v) is 15.5. The van der Waals surface area contributed by atoms with Crippen LogP contribution in [0.1, 0.15) is 65.2 Å². The molecule has 0 radical (unpaired) electrons. The van der Waals surface area contributed by atoms with Crippen LogP contribution in [-0.4, -0.2) is 9.71 Å². The first-order valence-electron chi connectivity index (χ1n) is 8.82. The summed E-state index contributed by atoms with van der Waals surface area (Å²) in [5.74, 6) is 2.89. The third-order valence-corrected chi connectivity index (χ3v) is 8.82. The molecule has 0 saturated heterocycles. The van der Waals surface area contributed by atoms with Gasteiger partial charge < -0.3 is 0 Å². The van der Waals surface area contributed by atoms with Gasteiger partial charge in [0.1, 0.15) is 5.78 Å². The predicted molar refractivity (Wildman–Crippen MR) is 94.5 cm³/mol. The van der Waals surface area contributed by atoms with E-state index in [4.69, 9.17) is 0 Å². The quantitative estimate of drug-likeness (QED) is 0.307. The van der Waals surface area contributed by atoms with Crippen LogP contribution in [0.3, 0.4) is 0 Å². The molecule has 0 aromatic rings. The van der Waals surface area contributed by atoms with E-state index in [9.17, 15) is 4.79 Å². The first-order valence-corrected chi connectivity index (χ1v) is 10.1. The van der Waals surface area contributed by atoms with Gasteiger partial charge in [0.15, 0.2) is 0 Å². The van der Waals surface area contributed by atoms with Gasteiger partial charge in [0.05, 0.1) is 0 Å². The van der Waals surface area contributed by atoms with Crippen LogP contribution in [-0.2, 0) is 4.79 Å². The second-order valence-electron chi connectivity index (χ2n) is 8.52.